The maximum Gasteiger partial charge on any atom is 0.277 e. The van der Waals surface area contributed by atoms with Gasteiger partial charge in [0.25, 0.3) is 5.91 Å². The molecule has 4 rings (SSSR count). The van der Waals surface area contributed by atoms with Crippen molar-refractivity contribution in [1.82, 2.24) is 25.3 Å². The van der Waals surface area contributed by atoms with E-state index in [0.29, 0.717) is 11.9 Å². The summed E-state index contributed by atoms with van der Waals surface area (Å²) in [6, 6.07) is 10.7. The molecule has 1 saturated heterocycles. The zero-order chi connectivity index (χ0) is 20.2. The minimum absolute atomic E-state index is 0.240. The molecule has 152 valence electrons. The van der Waals surface area contributed by atoms with Gasteiger partial charge in [-0.2, -0.15) is 0 Å². The number of benzene rings is 1. The van der Waals surface area contributed by atoms with Crippen LogP contribution in [0.3, 0.4) is 0 Å². The second kappa shape index (κ2) is 8.59. The third-order valence-electron chi connectivity index (χ3n) is 5.69. The molecule has 2 aromatic heterocycles. The Hall–Kier alpha value is -2.97. The summed E-state index contributed by atoms with van der Waals surface area (Å²) >= 11 is 0. The number of anilines is 1. The number of hydrogen-bond acceptors (Lipinski definition) is 6. The van der Waals surface area contributed by atoms with Gasteiger partial charge in [0.05, 0.1) is 5.56 Å². The number of carbonyl (C=O) groups is 1. The Morgan fingerprint density at radius 2 is 1.93 bits per heavy atom. The van der Waals surface area contributed by atoms with Crippen LogP contribution in [0.1, 0.15) is 28.9 Å². The van der Waals surface area contributed by atoms with E-state index in [1.807, 2.05) is 0 Å². The average Bonchev–Trinajstić information content (AvgIpc) is 3.09. The van der Waals surface area contributed by atoms with Gasteiger partial charge in [-0.1, -0.05) is 18.2 Å². The van der Waals surface area contributed by atoms with E-state index in [-0.39, 0.29) is 5.56 Å². The highest BCUT2D eigenvalue weighted by Crippen LogP contribution is 2.21. The predicted molar refractivity (Wildman–Crippen MR) is 111 cm³/mol. The molecule has 1 aliphatic heterocycles. The molecule has 3 aromatic rings. The van der Waals surface area contributed by atoms with Crippen LogP contribution in [-0.2, 0) is 13.6 Å². The number of piperidine rings is 1. The van der Waals surface area contributed by atoms with E-state index in [9.17, 15) is 4.79 Å². The minimum atomic E-state index is -0.604. The van der Waals surface area contributed by atoms with Crippen LogP contribution < -0.4 is 15.7 Å². The highest BCUT2D eigenvalue weighted by Gasteiger charge is 2.21. The molecule has 0 atom stereocenters. The third-order valence-corrected chi connectivity index (χ3v) is 5.69. The lowest BCUT2D eigenvalue weighted by atomic mass is 9.97. The van der Waals surface area contributed by atoms with Crippen LogP contribution in [0.5, 0.6) is 0 Å². The fraction of sp³-hybridized carbons (Fsp3) is 0.381. The maximum atomic E-state index is 11.4. The molecule has 0 spiro atoms. The first-order valence-electron chi connectivity index (χ1n) is 9.91. The van der Waals surface area contributed by atoms with Crippen molar-refractivity contribution in [3.8, 4) is 0 Å². The molecule has 1 fully saturated rings. The number of carbonyl (C=O) groups excluding carboxylic acids is 1. The van der Waals surface area contributed by atoms with Crippen LogP contribution in [0, 0.1) is 5.92 Å². The standard InChI is InChI=1S/C21H26N6O2/c1-26-18(10-16-4-2-3-5-19(16)26)14-22-11-15-6-8-27(9-7-15)21-23-12-17(13-24-21)20(28)25-29/h2-5,10,12-13,15,22,29H,6-9,11,14H2,1H3,(H,25,28). The SMILES string of the molecule is Cn1c(CNCC2CCN(c3ncc(C(=O)NO)cn3)CC2)cc2ccccc21. The molecule has 0 saturated carbocycles. The summed E-state index contributed by atoms with van der Waals surface area (Å²) in [6.45, 7) is 3.65. The highest BCUT2D eigenvalue weighted by molar-refractivity contribution is 5.92. The van der Waals surface area contributed by atoms with Crippen molar-refractivity contribution in [1.29, 1.82) is 0 Å². The molecule has 29 heavy (non-hydrogen) atoms. The number of fused-ring (bicyclic) bond motifs is 1. The van der Waals surface area contributed by atoms with E-state index in [4.69, 9.17) is 5.21 Å². The summed E-state index contributed by atoms with van der Waals surface area (Å²) < 4.78 is 2.25. The number of hydrogen-bond donors (Lipinski definition) is 3. The summed E-state index contributed by atoms with van der Waals surface area (Å²) in [6.07, 6.45) is 5.02. The van der Waals surface area contributed by atoms with Crippen LogP contribution in [-0.4, -0.2) is 45.3 Å². The van der Waals surface area contributed by atoms with Crippen molar-refractivity contribution in [3.63, 3.8) is 0 Å². The van der Waals surface area contributed by atoms with E-state index in [2.05, 4.69) is 62.1 Å². The van der Waals surface area contributed by atoms with Crippen molar-refractivity contribution in [2.75, 3.05) is 24.5 Å². The molecule has 3 heterocycles. The topological polar surface area (TPSA) is 95.3 Å². The largest absolute Gasteiger partial charge is 0.346 e. The van der Waals surface area contributed by atoms with Gasteiger partial charge in [-0.15, -0.1) is 0 Å². The van der Waals surface area contributed by atoms with Gasteiger partial charge < -0.3 is 14.8 Å². The molecule has 3 N–H and O–H groups in total. The Morgan fingerprint density at radius 3 is 2.62 bits per heavy atom. The Kier molecular flexibility index (Phi) is 5.73. The van der Waals surface area contributed by atoms with E-state index < -0.39 is 5.91 Å². The van der Waals surface area contributed by atoms with Crippen LogP contribution in [0.2, 0.25) is 0 Å². The van der Waals surface area contributed by atoms with Crippen molar-refractivity contribution < 1.29 is 10.0 Å². The third kappa shape index (κ3) is 4.23. The van der Waals surface area contributed by atoms with E-state index in [0.717, 1.165) is 39.0 Å². The normalized spacial score (nSPS) is 15.0. The number of nitrogens with zero attached hydrogens (tertiary/aromatic N) is 4. The fourth-order valence-electron chi connectivity index (χ4n) is 3.92. The lowest BCUT2D eigenvalue weighted by Crippen LogP contribution is -2.38. The van der Waals surface area contributed by atoms with E-state index in [1.165, 1.54) is 29.0 Å². The molecule has 0 unspecified atom stereocenters. The monoisotopic (exact) mass is 394 g/mol. The Morgan fingerprint density at radius 1 is 1.21 bits per heavy atom. The van der Waals surface area contributed by atoms with Crippen molar-refractivity contribution >= 4 is 22.8 Å². The Labute approximate surface area is 169 Å². The number of hydroxylamine groups is 1. The quantitative estimate of drug-likeness (QED) is 0.438. The highest BCUT2D eigenvalue weighted by atomic mass is 16.5. The Bertz CT molecular complexity index is 977. The number of amides is 1. The maximum absolute atomic E-state index is 11.4. The van der Waals surface area contributed by atoms with Gasteiger partial charge in [-0.25, -0.2) is 15.4 Å². The smallest absolute Gasteiger partial charge is 0.277 e. The minimum Gasteiger partial charge on any atom is -0.346 e. The second-order valence-corrected chi connectivity index (χ2v) is 7.53. The van der Waals surface area contributed by atoms with Gasteiger partial charge in [-0.05, 0) is 42.8 Å². The molecule has 8 heteroatoms. The first kappa shape index (κ1) is 19.4. The molecule has 1 amide bonds. The molecule has 1 aliphatic rings. The van der Waals surface area contributed by atoms with Gasteiger partial charge in [0.2, 0.25) is 5.95 Å². The van der Waals surface area contributed by atoms with E-state index in [1.54, 1.807) is 5.48 Å². The van der Waals surface area contributed by atoms with E-state index >= 15 is 0 Å². The van der Waals surface area contributed by atoms with Gasteiger partial charge in [0.1, 0.15) is 0 Å². The first-order chi connectivity index (χ1) is 14.2. The van der Waals surface area contributed by atoms with Crippen molar-refractivity contribution in [3.05, 3.63) is 54.0 Å². The predicted octanol–water partition coefficient (Wildman–Crippen LogP) is 2.09. The van der Waals surface area contributed by atoms with Gasteiger partial charge in [0, 0.05) is 50.3 Å². The number of aromatic nitrogens is 3. The summed E-state index contributed by atoms with van der Waals surface area (Å²) in [5.41, 5.74) is 4.39. The molecule has 0 radical (unpaired) electrons. The summed E-state index contributed by atoms with van der Waals surface area (Å²) in [5, 5.41) is 13.6. The van der Waals surface area contributed by atoms with Gasteiger partial charge in [0.15, 0.2) is 0 Å². The fourth-order valence-corrected chi connectivity index (χ4v) is 3.92. The van der Waals surface area contributed by atoms with Crippen molar-refractivity contribution in [2.24, 2.45) is 13.0 Å². The lowest BCUT2D eigenvalue weighted by molar-refractivity contribution is 0.0705. The molecular formula is C21H26N6O2. The zero-order valence-electron chi connectivity index (χ0n) is 16.5. The van der Waals surface area contributed by atoms with Crippen LogP contribution in [0.4, 0.5) is 5.95 Å². The molecule has 0 bridgehead atoms. The van der Waals surface area contributed by atoms with Crippen LogP contribution in [0.25, 0.3) is 10.9 Å². The zero-order valence-corrected chi connectivity index (χ0v) is 16.5. The number of rotatable bonds is 6. The molecule has 1 aromatic carbocycles. The van der Waals surface area contributed by atoms with Crippen LogP contribution in [0.15, 0.2) is 42.7 Å². The average molecular weight is 394 g/mol. The molecule has 0 aliphatic carbocycles. The summed E-state index contributed by atoms with van der Waals surface area (Å²) in [7, 11) is 2.12. The number of nitrogens with one attached hydrogen (secondary N) is 2. The second-order valence-electron chi connectivity index (χ2n) is 7.53. The number of aryl methyl sites for hydroxylation is 1. The lowest BCUT2D eigenvalue weighted by Gasteiger charge is -2.32. The molecule has 8 nitrogen and oxygen atoms in total. The van der Waals surface area contributed by atoms with Crippen molar-refractivity contribution in [2.45, 2.75) is 19.4 Å². The van der Waals surface area contributed by atoms with Gasteiger partial charge in [-0.3, -0.25) is 10.0 Å². The first-order valence-corrected chi connectivity index (χ1v) is 9.91. The van der Waals surface area contributed by atoms with Crippen LogP contribution >= 0.6 is 0 Å². The number of para-hydroxylation sites is 1. The molecular weight excluding hydrogens is 368 g/mol. The van der Waals surface area contributed by atoms with Gasteiger partial charge >= 0.3 is 0 Å². The Balaban J connectivity index is 1.25. The summed E-state index contributed by atoms with van der Waals surface area (Å²) in [4.78, 5) is 22.0. The summed E-state index contributed by atoms with van der Waals surface area (Å²) in [5.74, 6) is 0.647.